The maximum atomic E-state index is 12.5. The fraction of sp³-hybridized carbons (Fsp3) is 0.333. The average Bonchev–Trinajstić information content (AvgIpc) is 2.64. The largest absolute Gasteiger partial charge is 0.279 e. The van der Waals surface area contributed by atoms with Crippen molar-refractivity contribution in [1.82, 2.24) is 9.78 Å². The van der Waals surface area contributed by atoms with Gasteiger partial charge in [0.1, 0.15) is 0 Å². The maximum Gasteiger partial charge on any atom is 0.279 e. The number of benzene rings is 1. The van der Waals surface area contributed by atoms with Crippen molar-refractivity contribution >= 4 is 17.5 Å². The molecule has 0 unspecified atom stereocenters. The number of aryl methyl sites for hydroxylation is 1. The first-order valence-electron chi connectivity index (χ1n) is 6.28. The Morgan fingerprint density at radius 1 is 1.26 bits per heavy atom. The van der Waals surface area contributed by atoms with Crippen LogP contribution in [0.3, 0.4) is 0 Å². The SMILES string of the molecule is Cc1nn(C(=O)c2ccccc2Cl)c(C)c1C(C)C. The number of aromatic nitrogens is 2. The van der Waals surface area contributed by atoms with Gasteiger partial charge >= 0.3 is 0 Å². The second kappa shape index (κ2) is 5.17. The van der Waals surface area contributed by atoms with E-state index in [2.05, 4.69) is 18.9 Å². The molecule has 0 saturated heterocycles. The van der Waals surface area contributed by atoms with Gasteiger partial charge in [-0.25, -0.2) is 4.68 Å². The molecule has 0 aliphatic heterocycles. The molecule has 0 spiro atoms. The van der Waals surface area contributed by atoms with Crippen LogP contribution in [0.4, 0.5) is 0 Å². The summed E-state index contributed by atoms with van der Waals surface area (Å²) in [5, 5.41) is 4.81. The normalized spacial score (nSPS) is 11.1. The van der Waals surface area contributed by atoms with E-state index >= 15 is 0 Å². The average molecular weight is 277 g/mol. The zero-order valence-corrected chi connectivity index (χ0v) is 12.3. The molecular weight excluding hydrogens is 260 g/mol. The molecule has 0 bridgehead atoms. The van der Waals surface area contributed by atoms with Crippen LogP contribution in [0.15, 0.2) is 24.3 Å². The Labute approximate surface area is 118 Å². The van der Waals surface area contributed by atoms with Gasteiger partial charge in [-0.1, -0.05) is 37.6 Å². The molecule has 0 aliphatic carbocycles. The molecule has 0 atom stereocenters. The maximum absolute atomic E-state index is 12.5. The zero-order valence-electron chi connectivity index (χ0n) is 11.6. The number of carbonyl (C=O) groups is 1. The first-order valence-corrected chi connectivity index (χ1v) is 6.66. The Bertz CT molecular complexity index is 629. The van der Waals surface area contributed by atoms with Crippen LogP contribution < -0.4 is 0 Å². The van der Waals surface area contributed by atoms with Gasteiger partial charge in [-0.2, -0.15) is 5.10 Å². The van der Waals surface area contributed by atoms with Crippen molar-refractivity contribution in [3.8, 4) is 0 Å². The molecule has 1 aromatic carbocycles. The molecule has 2 aromatic rings. The highest BCUT2D eigenvalue weighted by Crippen LogP contribution is 2.24. The van der Waals surface area contributed by atoms with E-state index in [1.165, 1.54) is 4.68 Å². The summed E-state index contributed by atoms with van der Waals surface area (Å²) in [5.74, 6) is 0.158. The van der Waals surface area contributed by atoms with Crippen LogP contribution in [0.25, 0.3) is 0 Å². The molecule has 1 heterocycles. The molecule has 0 N–H and O–H groups in total. The fourth-order valence-corrected chi connectivity index (χ4v) is 2.65. The lowest BCUT2D eigenvalue weighted by atomic mass is 10.0. The van der Waals surface area contributed by atoms with Crippen LogP contribution in [0, 0.1) is 13.8 Å². The van der Waals surface area contributed by atoms with Crippen LogP contribution in [0.2, 0.25) is 5.02 Å². The van der Waals surface area contributed by atoms with Gasteiger partial charge in [0, 0.05) is 5.69 Å². The third kappa shape index (κ3) is 2.43. The molecule has 3 nitrogen and oxygen atoms in total. The Balaban J connectivity index is 2.52. The van der Waals surface area contributed by atoms with Gasteiger partial charge < -0.3 is 0 Å². The molecule has 0 fully saturated rings. The lowest BCUT2D eigenvalue weighted by molar-refractivity contribution is 0.0942. The quantitative estimate of drug-likeness (QED) is 0.832. The van der Waals surface area contributed by atoms with E-state index in [4.69, 9.17) is 11.6 Å². The lowest BCUT2D eigenvalue weighted by Gasteiger charge is -2.07. The molecule has 2 rings (SSSR count). The first-order chi connectivity index (χ1) is 8.93. The molecule has 0 amide bonds. The third-order valence-corrected chi connectivity index (χ3v) is 3.55. The van der Waals surface area contributed by atoms with E-state index in [-0.39, 0.29) is 5.91 Å². The van der Waals surface area contributed by atoms with E-state index in [9.17, 15) is 4.79 Å². The van der Waals surface area contributed by atoms with E-state index in [1.54, 1.807) is 24.3 Å². The number of nitrogens with zero attached hydrogens (tertiary/aromatic N) is 2. The second-order valence-electron chi connectivity index (χ2n) is 4.94. The smallest absolute Gasteiger partial charge is 0.267 e. The van der Waals surface area contributed by atoms with Gasteiger partial charge in [0.05, 0.1) is 16.3 Å². The lowest BCUT2D eigenvalue weighted by Crippen LogP contribution is -2.16. The van der Waals surface area contributed by atoms with Gasteiger partial charge in [-0.3, -0.25) is 4.79 Å². The number of hydrogen-bond donors (Lipinski definition) is 0. The summed E-state index contributed by atoms with van der Waals surface area (Å²) in [6.45, 7) is 8.05. The molecule has 0 radical (unpaired) electrons. The topological polar surface area (TPSA) is 34.9 Å². The van der Waals surface area contributed by atoms with E-state index in [1.807, 2.05) is 13.8 Å². The molecular formula is C15H17ClN2O. The molecule has 4 heteroatoms. The van der Waals surface area contributed by atoms with Crippen LogP contribution in [0.5, 0.6) is 0 Å². The van der Waals surface area contributed by atoms with Crippen molar-refractivity contribution in [2.45, 2.75) is 33.6 Å². The fourth-order valence-electron chi connectivity index (χ4n) is 2.44. The Hall–Kier alpha value is -1.61. The summed E-state index contributed by atoms with van der Waals surface area (Å²) in [5.41, 5.74) is 3.38. The minimum Gasteiger partial charge on any atom is -0.267 e. The van der Waals surface area contributed by atoms with Crippen LogP contribution in [-0.2, 0) is 0 Å². The number of halogens is 1. The predicted octanol–water partition coefficient (Wildman–Crippen LogP) is 3.97. The third-order valence-electron chi connectivity index (χ3n) is 3.22. The molecule has 100 valence electrons. The van der Waals surface area contributed by atoms with Gasteiger partial charge in [-0.05, 0) is 37.5 Å². The monoisotopic (exact) mass is 276 g/mol. The Morgan fingerprint density at radius 2 is 1.89 bits per heavy atom. The highest BCUT2D eigenvalue weighted by Gasteiger charge is 2.20. The summed E-state index contributed by atoms with van der Waals surface area (Å²) >= 11 is 6.07. The van der Waals surface area contributed by atoms with Crippen molar-refractivity contribution in [3.05, 3.63) is 51.8 Å². The van der Waals surface area contributed by atoms with Gasteiger partial charge in [0.15, 0.2) is 0 Å². The highest BCUT2D eigenvalue weighted by atomic mass is 35.5. The molecule has 0 aliphatic rings. The number of carbonyl (C=O) groups excluding carboxylic acids is 1. The Kier molecular flexibility index (Phi) is 3.76. The van der Waals surface area contributed by atoms with Gasteiger partial charge in [-0.15, -0.1) is 0 Å². The van der Waals surface area contributed by atoms with Crippen molar-refractivity contribution in [1.29, 1.82) is 0 Å². The van der Waals surface area contributed by atoms with E-state index in [0.29, 0.717) is 16.5 Å². The van der Waals surface area contributed by atoms with Crippen LogP contribution in [0.1, 0.15) is 47.1 Å². The minimum atomic E-state index is -0.182. The van der Waals surface area contributed by atoms with Crippen molar-refractivity contribution in [2.75, 3.05) is 0 Å². The van der Waals surface area contributed by atoms with Crippen LogP contribution in [-0.4, -0.2) is 15.7 Å². The summed E-state index contributed by atoms with van der Waals surface area (Å²) in [7, 11) is 0. The highest BCUT2D eigenvalue weighted by molar-refractivity contribution is 6.33. The number of rotatable bonds is 2. The summed E-state index contributed by atoms with van der Waals surface area (Å²) in [6, 6.07) is 7.04. The summed E-state index contributed by atoms with van der Waals surface area (Å²) in [6.07, 6.45) is 0. The minimum absolute atomic E-state index is 0.182. The molecule has 19 heavy (non-hydrogen) atoms. The van der Waals surface area contributed by atoms with Crippen molar-refractivity contribution in [3.63, 3.8) is 0 Å². The second-order valence-corrected chi connectivity index (χ2v) is 5.34. The van der Waals surface area contributed by atoms with Gasteiger partial charge in [0.2, 0.25) is 0 Å². The zero-order chi connectivity index (χ0) is 14.2. The van der Waals surface area contributed by atoms with E-state index < -0.39 is 0 Å². The van der Waals surface area contributed by atoms with Crippen molar-refractivity contribution < 1.29 is 4.79 Å². The summed E-state index contributed by atoms with van der Waals surface area (Å²) in [4.78, 5) is 12.5. The summed E-state index contributed by atoms with van der Waals surface area (Å²) < 4.78 is 1.45. The van der Waals surface area contributed by atoms with Crippen LogP contribution >= 0.6 is 11.6 Å². The molecule has 1 aromatic heterocycles. The Morgan fingerprint density at radius 3 is 2.42 bits per heavy atom. The predicted molar refractivity (Wildman–Crippen MR) is 77.0 cm³/mol. The first kappa shape index (κ1) is 13.8. The van der Waals surface area contributed by atoms with E-state index in [0.717, 1.165) is 17.0 Å². The molecule has 0 saturated carbocycles. The van der Waals surface area contributed by atoms with Crippen molar-refractivity contribution in [2.24, 2.45) is 0 Å². The van der Waals surface area contributed by atoms with Gasteiger partial charge in [0.25, 0.3) is 5.91 Å². The number of hydrogen-bond acceptors (Lipinski definition) is 2. The standard InChI is InChI=1S/C15H17ClN2O/c1-9(2)14-10(3)17-18(11(14)4)15(19)12-7-5-6-8-13(12)16/h5-9H,1-4H3.